The molecule has 2 aromatic carbocycles. The molecule has 8 heteroatoms. The molecule has 0 radical (unpaired) electrons. The van der Waals surface area contributed by atoms with Gasteiger partial charge in [-0.1, -0.05) is 32.0 Å². The molecule has 2 amide bonds. The van der Waals surface area contributed by atoms with E-state index in [1.165, 1.54) is 9.47 Å². The summed E-state index contributed by atoms with van der Waals surface area (Å²) in [6.45, 7) is 3.85. The second kappa shape index (κ2) is 7.79. The molecule has 0 unspecified atom stereocenters. The number of carbonyl (C=O) groups is 2. The second-order valence-corrected chi connectivity index (χ2v) is 7.43. The molecule has 4 rings (SSSR count). The van der Waals surface area contributed by atoms with E-state index in [9.17, 15) is 19.5 Å². The number of nitrogens with zero attached hydrogens (tertiary/aromatic N) is 4. The molecule has 0 saturated heterocycles. The summed E-state index contributed by atoms with van der Waals surface area (Å²) >= 11 is 0. The van der Waals surface area contributed by atoms with Crippen LogP contribution in [0.4, 0.5) is 11.4 Å². The summed E-state index contributed by atoms with van der Waals surface area (Å²) in [6.07, 6.45) is 1.31. The Hall–Kier alpha value is -3.81. The van der Waals surface area contributed by atoms with E-state index < -0.39 is 11.5 Å². The van der Waals surface area contributed by atoms with E-state index >= 15 is 0 Å². The molecule has 2 heterocycles. The zero-order valence-corrected chi connectivity index (χ0v) is 17.5. The Labute approximate surface area is 178 Å². The van der Waals surface area contributed by atoms with Gasteiger partial charge in [0.25, 0.3) is 17.4 Å². The number of para-hydroxylation sites is 1. The number of rotatable bonds is 5. The summed E-state index contributed by atoms with van der Waals surface area (Å²) < 4.78 is 1.38. The van der Waals surface area contributed by atoms with E-state index in [0.29, 0.717) is 23.7 Å². The molecular weight excluding hydrogens is 396 g/mol. The van der Waals surface area contributed by atoms with Gasteiger partial charge < -0.3 is 9.67 Å². The number of carbonyl (C=O) groups excluding carboxylic acids is 2. The van der Waals surface area contributed by atoms with Crippen LogP contribution in [-0.4, -0.2) is 32.4 Å². The van der Waals surface area contributed by atoms with Gasteiger partial charge in [0.2, 0.25) is 0 Å². The molecule has 1 aromatic heterocycles. The van der Waals surface area contributed by atoms with Gasteiger partial charge in [0.15, 0.2) is 11.4 Å². The van der Waals surface area contributed by atoms with Crippen molar-refractivity contribution < 1.29 is 14.7 Å². The van der Waals surface area contributed by atoms with Crippen molar-refractivity contribution in [3.8, 4) is 5.75 Å². The molecule has 8 nitrogen and oxygen atoms in total. The Balaban J connectivity index is 1.82. The van der Waals surface area contributed by atoms with Crippen molar-refractivity contribution in [1.29, 1.82) is 0 Å². The summed E-state index contributed by atoms with van der Waals surface area (Å²) in [5.74, 6) is -1.05. The minimum absolute atomic E-state index is 0.167. The van der Waals surface area contributed by atoms with E-state index in [1.54, 1.807) is 49.5 Å². The Kier molecular flexibility index (Phi) is 5.14. The fourth-order valence-corrected chi connectivity index (χ4v) is 4.01. The van der Waals surface area contributed by atoms with Crippen molar-refractivity contribution in [2.24, 2.45) is 17.3 Å². The monoisotopic (exact) mass is 418 g/mol. The van der Waals surface area contributed by atoms with Gasteiger partial charge >= 0.3 is 0 Å². The number of fused-ring (bicyclic) bond motifs is 2. The molecule has 0 aliphatic carbocycles. The van der Waals surface area contributed by atoms with Gasteiger partial charge in [-0.15, -0.1) is 10.2 Å². The smallest absolute Gasteiger partial charge is 0.282 e. The van der Waals surface area contributed by atoms with Crippen molar-refractivity contribution in [1.82, 2.24) is 9.47 Å². The maximum absolute atomic E-state index is 13.0. The molecule has 158 valence electrons. The number of aryl methyl sites for hydroxylation is 1. The lowest BCUT2D eigenvalue weighted by atomic mass is 10.1. The number of amides is 2. The maximum atomic E-state index is 13.0. The van der Waals surface area contributed by atoms with Crippen molar-refractivity contribution in [3.63, 3.8) is 0 Å². The van der Waals surface area contributed by atoms with Crippen LogP contribution in [0.5, 0.6) is 5.75 Å². The Morgan fingerprint density at radius 2 is 1.65 bits per heavy atom. The average molecular weight is 418 g/mol. The fourth-order valence-electron chi connectivity index (χ4n) is 4.01. The SMILES string of the molecule is CCC(CC)N1C(=O)c2cccc(N=Nc3c(O)c4ccccc4n(C)c3=O)c2C1=O. The highest BCUT2D eigenvalue weighted by atomic mass is 16.3. The Morgan fingerprint density at radius 3 is 2.35 bits per heavy atom. The van der Waals surface area contributed by atoms with Gasteiger partial charge in [0.05, 0.1) is 22.3 Å². The standard InChI is InChI=1S/C23H22N4O4/c1-4-13(5-2)27-21(29)15-10-8-11-16(18(15)22(27)30)24-25-19-20(28)14-9-6-7-12-17(14)26(3)23(19)31/h6-13,28H,4-5H2,1-3H3. The van der Waals surface area contributed by atoms with Crippen LogP contribution in [0.15, 0.2) is 57.5 Å². The molecule has 0 saturated carbocycles. The molecule has 0 spiro atoms. The molecule has 1 N–H and O–H groups in total. The first-order chi connectivity index (χ1) is 14.9. The molecule has 0 fully saturated rings. The first-order valence-electron chi connectivity index (χ1n) is 10.1. The second-order valence-electron chi connectivity index (χ2n) is 7.43. The van der Waals surface area contributed by atoms with Crippen molar-refractivity contribution >= 4 is 34.1 Å². The van der Waals surface area contributed by atoms with Crippen LogP contribution < -0.4 is 5.56 Å². The highest BCUT2D eigenvalue weighted by Crippen LogP contribution is 2.36. The van der Waals surface area contributed by atoms with Crippen LogP contribution in [-0.2, 0) is 7.05 Å². The summed E-state index contributed by atoms with van der Waals surface area (Å²) in [4.78, 5) is 39.9. The number of azo groups is 1. The third-order valence-corrected chi connectivity index (χ3v) is 5.74. The van der Waals surface area contributed by atoms with Gasteiger partial charge in [-0.05, 0) is 37.1 Å². The van der Waals surface area contributed by atoms with Crippen molar-refractivity contribution in [3.05, 3.63) is 63.9 Å². The predicted octanol–water partition coefficient (Wildman–Crippen LogP) is 4.44. The van der Waals surface area contributed by atoms with Crippen LogP contribution in [0.2, 0.25) is 0 Å². The first kappa shape index (κ1) is 20.5. The van der Waals surface area contributed by atoms with Gasteiger partial charge in [-0.25, -0.2) is 0 Å². The molecular formula is C23H22N4O4. The van der Waals surface area contributed by atoms with Crippen LogP contribution >= 0.6 is 0 Å². The number of pyridine rings is 1. The number of hydrogen-bond donors (Lipinski definition) is 1. The lowest BCUT2D eigenvalue weighted by Crippen LogP contribution is -2.39. The molecule has 1 aliphatic rings. The maximum Gasteiger partial charge on any atom is 0.282 e. The van der Waals surface area contributed by atoms with Crippen molar-refractivity contribution in [2.45, 2.75) is 32.7 Å². The average Bonchev–Trinajstić information content (AvgIpc) is 3.04. The van der Waals surface area contributed by atoms with Crippen LogP contribution in [0.1, 0.15) is 47.4 Å². The van der Waals surface area contributed by atoms with Gasteiger partial charge in [-0.3, -0.25) is 19.3 Å². The summed E-state index contributed by atoms with van der Waals surface area (Å²) in [6, 6.07) is 11.5. The van der Waals surface area contributed by atoms with Crippen LogP contribution in [0.25, 0.3) is 10.9 Å². The summed E-state index contributed by atoms with van der Waals surface area (Å²) in [5.41, 5.74) is 0.426. The third-order valence-electron chi connectivity index (χ3n) is 5.74. The molecule has 1 aliphatic heterocycles. The van der Waals surface area contributed by atoms with Crippen LogP contribution in [0.3, 0.4) is 0 Å². The number of imide groups is 1. The largest absolute Gasteiger partial charge is 0.505 e. The normalized spacial score (nSPS) is 13.7. The molecule has 0 atom stereocenters. The minimum atomic E-state index is -0.520. The Bertz CT molecular complexity index is 1300. The van der Waals surface area contributed by atoms with Gasteiger partial charge in [0, 0.05) is 18.5 Å². The van der Waals surface area contributed by atoms with E-state index in [-0.39, 0.29) is 40.2 Å². The van der Waals surface area contributed by atoms with E-state index in [4.69, 9.17) is 0 Å². The van der Waals surface area contributed by atoms with Gasteiger partial charge in [0.1, 0.15) is 0 Å². The van der Waals surface area contributed by atoms with E-state index in [0.717, 1.165) is 0 Å². The zero-order chi connectivity index (χ0) is 22.3. The summed E-state index contributed by atoms with van der Waals surface area (Å²) in [7, 11) is 1.58. The number of aromatic nitrogens is 1. The highest BCUT2D eigenvalue weighted by Gasteiger charge is 2.40. The predicted molar refractivity (Wildman–Crippen MR) is 116 cm³/mol. The number of aromatic hydroxyl groups is 1. The fraction of sp³-hybridized carbons (Fsp3) is 0.261. The summed E-state index contributed by atoms with van der Waals surface area (Å²) in [5, 5.41) is 19.2. The lowest BCUT2D eigenvalue weighted by Gasteiger charge is -2.23. The molecule has 3 aromatic rings. The Morgan fingerprint density at radius 1 is 0.935 bits per heavy atom. The minimum Gasteiger partial charge on any atom is -0.505 e. The number of benzene rings is 2. The zero-order valence-electron chi connectivity index (χ0n) is 17.5. The molecule has 0 bridgehead atoms. The van der Waals surface area contributed by atoms with Crippen LogP contribution in [0, 0.1) is 0 Å². The van der Waals surface area contributed by atoms with E-state index in [1.807, 2.05) is 13.8 Å². The molecule has 31 heavy (non-hydrogen) atoms. The van der Waals surface area contributed by atoms with Crippen molar-refractivity contribution in [2.75, 3.05) is 0 Å². The first-order valence-corrected chi connectivity index (χ1v) is 10.1. The number of hydrogen-bond acceptors (Lipinski definition) is 6. The van der Waals surface area contributed by atoms with Gasteiger partial charge in [-0.2, -0.15) is 0 Å². The lowest BCUT2D eigenvalue weighted by molar-refractivity contribution is 0.0576. The quantitative estimate of drug-likeness (QED) is 0.488. The highest BCUT2D eigenvalue weighted by molar-refractivity contribution is 6.23. The third kappa shape index (κ3) is 3.11. The topological polar surface area (TPSA) is 104 Å². The van der Waals surface area contributed by atoms with E-state index in [2.05, 4.69) is 10.2 Å².